The Morgan fingerprint density at radius 2 is 1.97 bits per heavy atom. The van der Waals surface area contributed by atoms with Crippen LogP contribution in [0, 0.1) is 6.92 Å². The molecule has 0 atom stereocenters. The molecule has 2 aromatic carbocycles. The van der Waals surface area contributed by atoms with Crippen molar-refractivity contribution in [3.63, 3.8) is 0 Å². The molecular formula is C23H22N4O2S. The number of pyridine rings is 1. The highest BCUT2D eigenvalue weighted by molar-refractivity contribution is 7.99. The highest BCUT2D eigenvalue weighted by atomic mass is 32.2. The molecule has 2 aromatic heterocycles. The lowest BCUT2D eigenvalue weighted by atomic mass is 10.00. The van der Waals surface area contributed by atoms with Gasteiger partial charge in [0.15, 0.2) is 10.8 Å². The summed E-state index contributed by atoms with van der Waals surface area (Å²) in [7, 11) is 1.66. The zero-order valence-corrected chi connectivity index (χ0v) is 17.8. The van der Waals surface area contributed by atoms with Crippen LogP contribution in [-0.2, 0) is 17.8 Å². The fourth-order valence-corrected chi connectivity index (χ4v) is 4.87. The molecule has 152 valence electrons. The maximum Gasteiger partial charge on any atom is 0.233 e. The fourth-order valence-electron chi connectivity index (χ4n) is 4.03. The van der Waals surface area contributed by atoms with E-state index < -0.39 is 0 Å². The van der Waals surface area contributed by atoms with Crippen molar-refractivity contribution >= 4 is 34.2 Å². The van der Waals surface area contributed by atoms with Gasteiger partial charge in [-0.2, -0.15) is 0 Å². The van der Waals surface area contributed by atoms with E-state index in [1.54, 1.807) is 7.11 Å². The highest BCUT2D eigenvalue weighted by Gasteiger charge is 2.21. The van der Waals surface area contributed by atoms with Gasteiger partial charge >= 0.3 is 0 Å². The van der Waals surface area contributed by atoms with E-state index in [4.69, 9.17) is 4.74 Å². The summed E-state index contributed by atoms with van der Waals surface area (Å²) in [6.07, 6.45) is 0.907. The van der Waals surface area contributed by atoms with E-state index in [0.717, 1.165) is 46.0 Å². The number of hydrogen-bond acceptors (Lipinski definition) is 5. The van der Waals surface area contributed by atoms with Crippen LogP contribution in [0.3, 0.4) is 0 Å². The number of benzene rings is 2. The normalized spacial score (nSPS) is 13.6. The van der Waals surface area contributed by atoms with Crippen LogP contribution >= 0.6 is 11.8 Å². The third-order valence-corrected chi connectivity index (χ3v) is 6.56. The zero-order chi connectivity index (χ0) is 20.7. The fraction of sp³-hybridized carbons (Fsp3) is 0.261. The molecule has 1 aliphatic heterocycles. The molecule has 0 aliphatic carbocycles. The molecule has 0 spiro atoms. The van der Waals surface area contributed by atoms with Gasteiger partial charge in [-0.15, -0.1) is 10.2 Å². The standard InChI is InChI=1S/C23H22N4O2S/c1-15-11-17-7-8-19(29-2)12-20(17)27-22(15)24-25-23(27)30-14-21(28)26-10-9-16-5-3-4-6-18(16)13-26/h3-8,11-12H,9-10,13-14H2,1-2H3. The maximum atomic E-state index is 12.9. The Hall–Kier alpha value is -3.06. The topological polar surface area (TPSA) is 59.7 Å². The van der Waals surface area contributed by atoms with Gasteiger partial charge in [0.25, 0.3) is 0 Å². The van der Waals surface area contributed by atoms with Crippen molar-refractivity contribution in [2.75, 3.05) is 19.4 Å². The summed E-state index contributed by atoms with van der Waals surface area (Å²) in [5.74, 6) is 1.24. The number of nitrogens with zero attached hydrogens (tertiary/aromatic N) is 4. The van der Waals surface area contributed by atoms with Crippen LogP contribution in [0.4, 0.5) is 0 Å². The third-order valence-electron chi connectivity index (χ3n) is 5.64. The minimum atomic E-state index is 0.126. The van der Waals surface area contributed by atoms with Gasteiger partial charge in [-0.05, 0) is 53.6 Å². The molecule has 0 N–H and O–H groups in total. The minimum absolute atomic E-state index is 0.126. The molecule has 0 saturated carbocycles. The molecule has 0 unspecified atom stereocenters. The van der Waals surface area contributed by atoms with Crippen molar-refractivity contribution in [3.05, 3.63) is 65.2 Å². The van der Waals surface area contributed by atoms with Gasteiger partial charge < -0.3 is 9.64 Å². The Bertz CT molecular complexity index is 1270. The molecule has 1 aliphatic rings. The monoisotopic (exact) mass is 418 g/mol. The van der Waals surface area contributed by atoms with Gasteiger partial charge in [0.2, 0.25) is 5.91 Å². The second-order valence-corrected chi connectivity index (χ2v) is 8.46. The summed E-state index contributed by atoms with van der Waals surface area (Å²) < 4.78 is 7.43. The summed E-state index contributed by atoms with van der Waals surface area (Å²) >= 11 is 1.43. The van der Waals surface area contributed by atoms with Crippen molar-refractivity contribution in [1.29, 1.82) is 0 Å². The zero-order valence-electron chi connectivity index (χ0n) is 17.0. The van der Waals surface area contributed by atoms with Gasteiger partial charge in [-0.1, -0.05) is 36.0 Å². The van der Waals surface area contributed by atoms with Crippen molar-refractivity contribution in [3.8, 4) is 5.75 Å². The van der Waals surface area contributed by atoms with Crippen LogP contribution in [-0.4, -0.2) is 44.8 Å². The molecule has 3 heterocycles. The quantitative estimate of drug-likeness (QED) is 0.471. The number of rotatable bonds is 4. The van der Waals surface area contributed by atoms with Gasteiger partial charge in [-0.3, -0.25) is 9.20 Å². The lowest BCUT2D eigenvalue weighted by Gasteiger charge is -2.28. The van der Waals surface area contributed by atoms with Gasteiger partial charge in [-0.25, -0.2) is 0 Å². The number of fused-ring (bicyclic) bond motifs is 4. The Balaban J connectivity index is 1.41. The SMILES string of the molecule is COc1ccc2cc(C)c3nnc(SCC(=O)N4CCc5ccccc5C4)n3c2c1. The Morgan fingerprint density at radius 3 is 2.80 bits per heavy atom. The number of aromatic nitrogens is 3. The number of thioether (sulfide) groups is 1. The largest absolute Gasteiger partial charge is 0.497 e. The van der Waals surface area contributed by atoms with Crippen LogP contribution in [0.25, 0.3) is 16.6 Å². The highest BCUT2D eigenvalue weighted by Crippen LogP contribution is 2.28. The van der Waals surface area contributed by atoms with Gasteiger partial charge in [0.1, 0.15) is 5.75 Å². The minimum Gasteiger partial charge on any atom is -0.497 e. The molecule has 1 amide bonds. The maximum absolute atomic E-state index is 12.9. The van der Waals surface area contributed by atoms with Gasteiger partial charge in [0, 0.05) is 19.2 Å². The second-order valence-electron chi connectivity index (χ2n) is 7.52. The van der Waals surface area contributed by atoms with E-state index in [9.17, 15) is 4.79 Å². The van der Waals surface area contributed by atoms with Crippen LogP contribution in [0.2, 0.25) is 0 Å². The van der Waals surface area contributed by atoms with E-state index in [0.29, 0.717) is 12.3 Å². The number of methoxy groups -OCH3 is 1. The number of amides is 1. The Labute approximate surface area is 178 Å². The van der Waals surface area contributed by atoms with Crippen LogP contribution in [0.5, 0.6) is 5.75 Å². The van der Waals surface area contributed by atoms with E-state index in [1.807, 2.05) is 40.5 Å². The van der Waals surface area contributed by atoms with E-state index in [1.165, 1.54) is 22.9 Å². The number of ether oxygens (including phenoxy) is 1. The number of carbonyl (C=O) groups is 1. The molecule has 0 saturated heterocycles. The first-order chi connectivity index (χ1) is 14.6. The summed E-state index contributed by atoms with van der Waals surface area (Å²) in [6.45, 7) is 3.46. The lowest BCUT2D eigenvalue weighted by molar-refractivity contribution is -0.129. The molecule has 0 fully saturated rings. The first-order valence-corrected chi connectivity index (χ1v) is 10.9. The lowest BCUT2D eigenvalue weighted by Crippen LogP contribution is -2.37. The average molecular weight is 419 g/mol. The molecule has 0 radical (unpaired) electrons. The molecule has 7 heteroatoms. The predicted molar refractivity (Wildman–Crippen MR) is 118 cm³/mol. The Kier molecular flexibility index (Phi) is 4.83. The molecule has 5 rings (SSSR count). The summed E-state index contributed by atoms with van der Waals surface area (Å²) in [6, 6.07) is 16.4. The van der Waals surface area contributed by atoms with E-state index in [-0.39, 0.29) is 5.91 Å². The molecule has 6 nitrogen and oxygen atoms in total. The average Bonchev–Trinajstić information content (AvgIpc) is 3.22. The van der Waals surface area contributed by atoms with Crippen LogP contribution in [0.1, 0.15) is 16.7 Å². The van der Waals surface area contributed by atoms with Crippen molar-refractivity contribution in [2.45, 2.75) is 25.0 Å². The molecular weight excluding hydrogens is 396 g/mol. The molecule has 4 aromatic rings. The number of aryl methyl sites for hydroxylation is 1. The van der Waals surface area contributed by atoms with Crippen LogP contribution in [0.15, 0.2) is 53.7 Å². The molecule has 0 bridgehead atoms. The number of carbonyl (C=O) groups excluding carboxylic acids is 1. The smallest absolute Gasteiger partial charge is 0.233 e. The van der Waals surface area contributed by atoms with Crippen molar-refractivity contribution in [1.82, 2.24) is 19.5 Å². The van der Waals surface area contributed by atoms with Crippen molar-refractivity contribution in [2.24, 2.45) is 0 Å². The predicted octanol–water partition coefficient (Wildman–Crippen LogP) is 3.88. The van der Waals surface area contributed by atoms with E-state index >= 15 is 0 Å². The number of hydrogen-bond donors (Lipinski definition) is 0. The van der Waals surface area contributed by atoms with Crippen LogP contribution < -0.4 is 4.74 Å². The van der Waals surface area contributed by atoms with Gasteiger partial charge in [0.05, 0.1) is 18.4 Å². The van der Waals surface area contributed by atoms with E-state index in [2.05, 4.69) is 34.5 Å². The summed E-state index contributed by atoms with van der Waals surface area (Å²) in [4.78, 5) is 14.8. The summed E-state index contributed by atoms with van der Waals surface area (Å²) in [5, 5.41) is 10.6. The molecule has 30 heavy (non-hydrogen) atoms. The second kappa shape index (κ2) is 7.65. The first kappa shape index (κ1) is 18.9. The first-order valence-electron chi connectivity index (χ1n) is 9.94. The summed E-state index contributed by atoms with van der Waals surface area (Å²) in [5.41, 5.74) is 5.41. The van der Waals surface area contributed by atoms with Crippen molar-refractivity contribution < 1.29 is 9.53 Å². The third kappa shape index (κ3) is 3.29. The Morgan fingerprint density at radius 1 is 1.13 bits per heavy atom.